The molecule has 2 amide bonds. The number of nitrogens with zero attached hydrogens (tertiary/aromatic N) is 1. The van der Waals surface area contributed by atoms with Crippen LogP contribution in [0.2, 0.25) is 0 Å². The van der Waals surface area contributed by atoms with Gasteiger partial charge in [-0.1, -0.05) is 15.9 Å². The summed E-state index contributed by atoms with van der Waals surface area (Å²) in [5.41, 5.74) is -2.64. The Bertz CT molecular complexity index is 929. The Hall–Kier alpha value is -1.86. The van der Waals surface area contributed by atoms with Crippen molar-refractivity contribution in [3.63, 3.8) is 0 Å². The van der Waals surface area contributed by atoms with Gasteiger partial charge in [0.1, 0.15) is 5.54 Å². The van der Waals surface area contributed by atoms with Gasteiger partial charge < -0.3 is 15.3 Å². The highest BCUT2D eigenvalue weighted by atomic mass is 79.9. The molecule has 0 aliphatic carbocycles. The highest BCUT2D eigenvalue weighted by molar-refractivity contribution is 9.10. The molecule has 2 rings (SSSR count). The number of piperidine rings is 1. The first-order valence-corrected chi connectivity index (χ1v) is 11.1. The van der Waals surface area contributed by atoms with Crippen LogP contribution in [-0.2, 0) is 21.0 Å². The van der Waals surface area contributed by atoms with Crippen molar-refractivity contribution in [1.29, 1.82) is 0 Å². The van der Waals surface area contributed by atoms with E-state index in [9.17, 15) is 31.2 Å². The van der Waals surface area contributed by atoms with Gasteiger partial charge in [0.2, 0.25) is 15.9 Å². The minimum absolute atomic E-state index is 0.0955. The van der Waals surface area contributed by atoms with Crippen LogP contribution in [-0.4, -0.2) is 55.1 Å². The molecule has 1 aromatic carbocycles. The number of rotatable bonds is 5. The highest BCUT2D eigenvalue weighted by Gasteiger charge is 2.39. The smallest absolute Gasteiger partial charge is 0.417 e. The van der Waals surface area contributed by atoms with Crippen LogP contribution in [0.3, 0.4) is 0 Å². The van der Waals surface area contributed by atoms with Gasteiger partial charge in [0, 0.05) is 23.6 Å². The molecule has 8 nitrogen and oxygen atoms in total. The van der Waals surface area contributed by atoms with Gasteiger partial charge in [-0.25, -0.2) is 17.9 Å². The minimum Gasteiger partial charge on any atom is -0.465 e. The Labute approximate surface area is 180 Å². The summed E-state index contributed by atoms with van der Waals surface area (Å²) < 4.78 is 67.4. The molecule has 0 spiro atoms. The highest BCUT2D eigenvalue weighted by Crippen LogP contribution is 2.36. The molecule has 1 saturated heterocycles. The summed E-state index contributed by atoms with van der Waals surface area (Å²) in [6.07, 6.45) is -5.87. The Morgan fingerprint density at radius 3 is 2.27 bits per heavy atom. The monoisotopic (exact) mass is 515 g/mol. The quantitative estimate of drug-likeness (QED) is 0.557. The maximum absolute atomic E-state index is 13.3. The van der Waals surface area contributed by atoms with Crippen LogP contribution in [0.25, 0.3) is 0 Å². The molecule has 0 unspecified atom stereocenters. The molecule has 3 N–H and O–H groups in total. The maximum Gasteiger partial charge on any atom is 0.417 e. The lowest BCUT2D eigenvalue weighted by atomic mass is 10.00. The van der Waals surface area contributed by atoms with E-state index in [4.69, 9.17) is 5.11 Å². The van der Waals surface area contributed by atoms with Gasteiger partial charge in [0.05, 0.1) is 10.5 Å². The molecule has 1 fully saturated rings. The molecule has 13 heteroatoms. The fourth-order valence-corrected chi connectivity index (χ4v) is 5.03. The summed E-state index contributed by atoms with van der Waals surface area (Å²) in [6.45, 7) is 3.07. The molecule has 0 saturated carbocycles. The number of carboxylic acid groups (broad SMARTS) is 1. The van der Waals surface area contributed by atoms with E-state index in [1.165, 1.54) is 24.8 Å². The van der Waals surface area contributed by atoms with E-state index in [0.29, 0.717) is 6.07 Å². The van der Waals surface area contributed by atoms with Crippen LogP contribution in [0.5, 0.6) is 0 Å². The Kier molecular flexibility index (Phi) is 7.09. The third kappa shape index (κ3) is 5.85. The second-order valence-electron chi connectivity index (χ2n) is 7.38. The van der Waals surface area contributed by atoms with Crippen molar-refractivity contribution in [2.45, 2.75) is 49.3 Å². The fraction of sp³-hybridized carbons (Fsp3) is 0.529. The number of hydrogen-bond donors (Lipinski definition) is 3. The van der Waals surface area contributed by atoms with Gasteiger partial charge in [-0.15, -0.1) is 0 Å². The Morgan fingerprint density at radius 2 is 1.77 bits per heavy atom. The Balaban J connectivity index is 2.10. The zero-order chi connectivity index (χ0) is 22.9. The topological polar surface area (TPSA) is 116 Å². The van der Waals surface area contributed by atoms with Crippen LogP contribution in [0.4, 0.5) is 18.0 Å². The lowest BCUT2D eigenvalue weighted by Gasteiger charge is -2.37. The van der Waals surface area contributed by atoms with Crippen molar-refractivity contribution in [3.05, 3.63) is 28.2 Å². The standard InChI is InChI=1S/C17H21BrF3N3O5S/c1-16(2,22-15(26)27)14(25)24-7-5-11(6-8-24)23-30(28,29)13-4-3-10(18)9-12(13)17(19,20)21/h3-4,9,11,22-23H,5-8H2,1-2H3,(H,26,27). The van der Waals surface area contributed by atoms with Crippen LogP contribution in [0.15, 0.2) is 27.6 Å². The number of benzene rings is 1. The van der Waals surface area contributed by atoms with Crippen molar-refractivity contribution in [1.82, 2.24) is 14.9 Å². The van der Waals surface area contributed by atoms with Crippen molar-refractivity contribution in [2.75, 3.05) is 13.1 Å². The average molecular weight is 516 g/mol. The summed E-state index contributed by atoms with van der Waals surface area (Å²) in [5, 5.41) is 10.9. The molecule has 1 aliphatic heterocycles. The average Bonchev–Trinajstić information content (AvgIpc) is 2.59. The number of nitrogens with one attached hydrogen (secondary N) is 2. The third-order valence-electron chi connectivity index (χ3n) is 4.59. The van der Waals surface area contributed by atoms with Crippen LogP contribution < -0.4 is 10.0 Å². The number of carbonyl (C=O) groups excluding carboxylic acids is 1. The summed E-state index contributed by atoms with van der Waals surface area (Å²) >= 11 is 2.91. The predicted octanol–water partition coefficient (Wildman–Crippen LogP) is 2.78. The second-order valence-corrected chi connectivity index (χ2v) is 9.98. The number of carbonyl (C=O) groups is 2. The van der Waals surface area contributed by atoms with Crippen molar-refractivity contribution in [3.8, 4) is 0 Å². The van der Waals surface area contributed by atoms with Gasteiger partial charge in [-0.05, 0) is 44.9 Å². The van der Waals surface area contributed by atoms with Gasteiger partial charge in [0.15, 0.2) is 0 Å². The Morgan fingerprint density at radius 1 is 1.20 bits per heavy atom. The molecule has 0 atom stereocenters. The van der Waals surface area contributed by atoms with E-state index < -0.39 is 50.2 Å². The van der Waals surface area contributed by atoms with Crippen molar-refractivity contribution in [2.24, 2.45) is 0 Å². The van der Waals surface area contributed by atoms with E-state index in [1.807, 2.05) is 0 Å². The number of amides is 2. The van der Waals surface area contributed by atoms with E-state index in [0.717, 1.165) is 6.07 Å². The second kappa shape index (κ2) is 8.71. The zero-order valence-corrected chi connectivity index (χ0v) is 18.5. The predicted molar refractivity (Wildman–Crippen MR) is 104 cm³/mol. The van der Waals surface area contributed by atoms with E-state index in [1.54, 1.807) is 0 Å². The number of likely N-dealkylation sites (tertiary alicyclic amines) is 1. The first-order valence-electron chi connectivity index (χ1n) is 8.83. The fourth-order valence-electron chi connectivity index (χ4n) is 3.16. The summed E-state index contributed by atoms with van der Waals surface area (Å²) in [4.78, 5) is 23.8. The largest absolute Gasteiger partial charge is 0.465 e. The first-order chi connectivity index (χ1) is 13.6. The molecule has 1 heterocycles. The molecule has 1 aliphatic rings. The first kappa shape index (κ1) is 24.4. The van der Waals surface area contributed by atoms with E-state index in [-0.39, 0.29) is 30.4 Å². The molecule has 0 radical (unpaired) electrons. The summed E-state index contributed by atoms with van der Waals surface area (Å²) in [7, 11) is -4.46. The molecular formula is C17H21BrF3N3O5S. The molecule has 30 heavy (non-hydrogen) atoms. The zero-order valence-electron chi connectivity index (χ0n) is 16.1. The van der Waals surface area contributed by atoms with Gasteiger partial charge in [-0.3, -0.25) is 4.79 Å². The van der Waals surface area contributed by atoms with Gasteiger partial charge >= 0.3 is 12.3 Å². The summed E-state index contributed by atoms with van der Waals surface area (Å²) in [5.74, 6) is -0.474. The summed E-state index contributed by atoms with van der Waals surface area (Å²) in [6, 6.07) is 2.13. The van der Waals surface area contributed by atoms with Crippen molar-refractivity contribution >= 4 is 38.0 Å². The van der Waals surface area contributed by atoms with Crippen LogP contribution in [0.1, 0.15) is 32.3 Å². The van der Waals surface area contributed by atoms with E-state index >= 15 is 0 Å². The van der Waals surface area contributed by atoms with Gasteiger partial charge in [-0.2, -0.15) is 13.2 Å². The lowest BCUT2D eigenvalue weighted by Crippen LogP contribution is -2.58. The maximum atomic E-state index is 13.3. The van der Waals surface area contributed by atoms with E-state index in [2.05, 4.69) is 26.0 Å². The normalized spacial score (nSPS) is 16.4. The van der Waals surface area contributed by atoms with Crippen LogP contribution in [0, 0.1) is 0 Å². The lowest BCUT2D eigenvalue weighted by molar-refractivity contribution is -0.140. The SMILES string of the molecule is CC(C)(NC(=O)O)C(=O)N1CCC(NS(=O)(=O)c2ccc(Br)cc2C(F)(F)F)CC1. The number of sulfonamides is 1. The molecule has 1 aromatic rings. The minimum atomic E-state index is -4.85. The number of hydrogen-bond acceptors (Lipinski definition) is 4. The van der Waals surface area contributed by atoms with Crippen molar-refractivity contribution < 1.29 is 36.3 Å². The van der Waals surface area contributed by atoms with Crippen LogP contribution >= 0.6 is 15.9 Å². The third-order valence-corrected chi connectivity index (χ3v) is 6.67. The van der Waals surface area contributed by atoms with Gasteiger partial charge in [0.25, 0.3) is 0 Å². The molecule has 168 valence electrons. The number of alkyl halides is 3. The molecule has 0 aromatic heterocycles. The number of halogens is 4. The molecule has 0 bridgehead atoms. The molecular weight excluding hydrogens is 495 g/mol.